The molecule has 1 unspecified atom stereocenters. The molecule has 2 heteroatoms. The van der Waals surface area contributed by atoms with Gasteiger partial charge in [0.2, 0.25) is 0 Å². The Balaban J connectivity index is 2.93. The van der Waals surface area contributed by atoms with Crippen molar-refractivity contribution in [1.29, 1.82) is 0 Å². The van der Waals surface area contributed by atoms with Crippen LogP contribution in [0.3, 0.4) is 0 Å². The van der Waals surface area contributed by atoms with Gasteiger partial charge in [0.05, 0.1) is 6.10 Å². The number of aliphatic hydroxyl groups is 1. The van der Waals surface area contributed by atoms with E-state index in [0.29, 0.717) is 0 Å². The van der Waals surface area contributed by atoms with Gasteiger partial charge in [0.1, 0.15) is 0 Å². The Labute approximate surface area is 82.3 Å². The highest BCUT2D eigenvalue weighted by atomic mass is 79.9. The van der Waals surface area contributed by atoms with Crippen molar-refractivity contribution < 1.29 is 5.11 Å². The van der Waals surface area contributed by atoms with E-state index in [4.69, 9.17) is 0 Å². The molecule has 0 radical (unpaired) electrons. The van der Waals surface area contributed by atoms with Crippen molar-refractivity contribution in [2.45, 2.75) is 39.2 Å². The molecule has 0 aromatic rings. The van der Waals surface area contributed by atoms with Crippen LogP contribution in [-0.4, -0.2) is 11.2 Å². The average Bonchev–Trinajstić information content (AvgIpc) is 2.08. The summed E-state index contributed by atoms with van der Waals surface area (Å²) >= 11 is 3.50. The zero-order valence-electron chi connectivity index (χ0n) is 7.60. The Kier molecular flexibility index (Phi) is 3.53. The Hall–Kier alpha value is -0.0800. The summed E-state index contributed by atoms with van der Waals surface area (Å²) < 4.78 is 1.14. The molecule has 0 aromatic heterocycles. The molecule has 1 N–H and O–H groups in total. The third kappa shape index (κ3) is 1.99. The van der Waals surface area contributed by atoms with Gasteiger partial charge in [0.25, 0.3) is 0 Å². The first-order chi connectivity index (χ1) is 5.66. The van der Waals surface area contributed by atoms with E-state index in [1.807, 2.05) is 19.9 Å². The summed E-state index contributed by atoms with van der Waals surface area (Å²) in [5.74, 6) is 0. The van der Waals surface area contributed by atoms with Crippen LogP contribution in [-0.2, 0) is 0 Å². The number of rotatable bonds is 1. The number of halogens is 1. The second-order valence-corrected chi connectivity index (χ2v) is 4.06. The summed E-state index contributed by atoms with van der Waals surface area (Å²) in [6, 6.07) is 0. The van der Waals surface area contributed by atoms with Crippen molar-refractivity contribution in [1.82, 2.24) is 0 Å². The fraction of sp³-hybridized carbons (Fsp3) is 0.600. The first-order valence-electron chi connectivity index (χ1n) is 4.36. The highest BCUT2D eigenvalue weighted by Gasteiger charge is 2.18. The van der Waals surface area contributed by atoms with Gasteiger partial charge in [-0.3, -0.25) is 0 Å². The minimum Gasteiger partial charge on any atom is -0.389 e. The SMILES string of the molecule is CC=C(Br)C1=C(C)C(O)CCC1. The van der Waals surface area contributed by atoms with E-state index >= 15 is 0 Å². The first kappa shape index (κ1) is 10.0. The number of allylic oxidation sites excluding steroid dienone is 3. The summed E-state index contributed by atoms with van der Waals surface area (Å²) in [6.45, 7) is 4.02. The van der Waals surface area contributed by atoms with Crippen LogP contribution in [0.1, 0.15) is 33.1 Å². The van der Waals surface area contributed by atoms with Crippen LogP contribution in [0, 0.1) is 0 Å². The van der Waals surface area contributed by atoms with E-state index in [1.165, 1.54) is 5.57 Å². The van der Waals surface area contributed by atoms with Crippen molar-refractivity contribution in [2.75, 3.05) is 0 Å². The van der Waals surface area contributed by atoms with E-state index in [1.54, 1.807) is 0 Å². The van der Waals surface area contributed by atoms with Crippen LogP contribution < -0.4 is 0 Å². The van der Waals surface area contributed by atoms with Crippen molar-refractivity contribution in [3.63, 3.8) is 0 Å². The molecule has 0 aliphatic heterocycles. The Morgan fingerprint density at radius 2 is 2.33 bits per heavy atom. The molecule has 1 nitrogen and oxygen atoms in total. The molecule has 0 spiro atoms. The van der Waals surface area contributed by atoms with Gasteiger partial charge in [0, 0.05) is 4.48 Å². The van der Waals surface area contributed by atoms with E-state index in [2.05, 4.69) is 15.9 Å². The summed E-state index contributed by atoms with van der Waals surface area (Å²) in [4.78, 5) is 0. The van der Waals surface area contributed by atoms with Gasteiger partial charge in [0.15, 0.2) is 0 Å². The van der Waals surface area contributed by atoms with Crippen LogP contribution in [0.25, 0.3) is 0 Å². The van der Waals surface area contributed by atoms with E-state index in [-0.39, 0.29) is 6.10 Å². The molecule has 68 valence electrons. The molecule has 1 aliphatic carbocycles. The molecular weight excluding hydrogens is 216 g/mol. The predicted octanol–water partition coefficient (Wildman–Crippen LogP) is 3.15. The van der Waals surface area contributed by atoms with E-state index in [0.717, 1.165) is 29.3 Å². The standard InChI is InChI=1S/C10H15BrO/c1-3-9(11)8-5-4-6-10(12)7(8)2/h3,10,12H,4-6H2,1-2H3. The summed E-state index contributed by atoms with van der Waals surface area (Å²) in [6.07, 6.45) is 4.92. The second-order valence-electron chi connectivity index (χ2n) is 3.21. The van der Waals surface area contributed by atoms with Crippen LogP contribution in [0.2, 0.25) is 0 Å². The van der Waals surface area contributed by atoms with Crippen LogP contribution >= 0.6 is 15.9 Å². The zero-order chi connectivity index (χ0) is 9.14. The van der Waals surface area contributed by atoms with Crippen molar-refractivity contribution >= 4 is 15.9 Å². The number of aliphatic hydroxyl groups excluding tert-OH is 1. The lowest BCUT2D eigenvalue weighted by atomic mass is 9.90. The van der Waals surface area contributed by atoms with Gasteiger partial charge < -0.3 is 5.11 Å². The van der Waals surface area contributed by atoms with Gasteiger partial charge in [-0.1, -0.05) is 22.0 Å². The van der Waals surface area contributed by atoms with Crippen LogP contribution in [0.5, 0.6) is 0 Å². The third-order valence-corrected chi connectivity index (χ3v) is 3.36. The molecule has 0 saturated carbocycles. The van der Waals surface area contributed by atoms with Crippen LogP contribution in [0.4, 0.5) is 0 Å². The van der Waals surface area contributed by atoms with Gasteiger partial charge in [-0.2, -0.15) is 0 Å². The average molecular weight is 231 g/mol. The normalized spacial score (nSPS) is 26.3. The molecule has 0 amide bonds. The number of hydrogen-bond donors (Lipinski definition) is 1. The zero-order valence-corrected chi connectivity index (χ0v) is 9.19. The lowest BCUT2D eigenvalue weighted by molar-refractivity contribution is 0.189. The molecule has 1 aliphatic rings. The summed E-state index contributed by atoms with van der Waals surface area (Å²) in [7, 11) is 0. The minimum atomic E-state index is -0.221. The minimum absolute atomic E-state index is 0.221. The largest absolute Gasteiger partial charge is 0.389 e. The Morgan fingerprint density at radius 3 is 2.92 bits per heavy atom. The maximum atomic E-state index is 9.59. The van der Waals surface area contributed by atoms with E-state index in [9.17, 15) is 5.11 Å². The molecule has 0 bridgehead atoms. The predicted molar refractivity (Wildman–Crippen MR) is 55.2 cm³/mol. The third-order valence-electron chi connectivity index (χ3n) is 2.42. The molecule has 12 heavy (non-hydrogen) atoms. The lowest BCUT2D eigenvalue weighted by Gasteiger charge is -2.22. The first-order valence-corrected chi connectivity index (χ1v) is 5.16. The van der Waals surface area contributed by atoms with Gasteiger partial charge >= 0.3 is 0 Å². The maximum Gasteiger partial charge on any atom is 0.0753 e. The molecule has 1 atom stereocenters. The quantitative estimate of drug-likeness (QED) is 0.734. The molecular formula is C10H15BrO. The smallest absolute Gasteiger partial charge is 0.0753 e. The van der Waals surface area contributed by atoms with Gasteiger partial charge in [-0.15, -0.1) is 0 Å². The molecule has 0 aromatic carbocycles. The Morgan fingerprint density at radius 1 is 1.67 bits per heavy atom. The van der Waals surface area contributed by atoms with Crippen LogP contribution in [0.15, 0.2) is 21.7 Å². The van der Waals surface area contributed by atoms with Gasteiger partial charge in [-0.05, 0) is 44.3 Å². The Bertz CT molecular complexity index is 228. The molecule has 1 rings (SSSR count). The molecule has 0 fully saturated rings. The fourth-order valence-corrected chi connectivity index (χ4v) is 2.08. The highest BCUT2D eigenvalue weighted by molar-refractivity contribution is 9.12. The monoisotopic (exact) mass is 230 g/mol. The van der Waals surface area contributed by atoms with Crippen molar-refractivity contribution in [3.05, 3.63) is 21.7 Å². The second kappa shape index (κ2) is 4.24. The fourth-order valence-electron chi connectivity index (χ4n) is 1.57. The summed E-state index contributed by atoms with van der Waals surface area (Å²) in [5, 5.41) is 9.59. The van der Waals surface area contributed by atoms with E-state index < -0.39 is 0 Å². The highest BCUT2D eigenvalue weighted by Crippen LogP contribution is 2.32. The topological polar surface area (TPSA) is 20.2 Å². The molecule has 0 heterocycles. The van der Waals surface area contributed by atoms with Crippen molar-refractivity contribution in [2.24, 2.45) is 0 Å². The van der Waals surface area contributed by atoms with Crippen molar-refractivity contribution in [3.8, 4) is 0 Å². The van der Waals surface area contributed by atoms with Gasteiger partial charge in [-0.25, -0.2) is 0 Å². The summed E-state index contributed by atoms with van der Waals surface area (Å²) in [5.41, 5.74) is 2.42. The number of hydrogen-bond acceptors (Lipinski definition) is 1. The molecule has 0 saturated heterocycles. The maximum absolute atomic E-state index is 9.59. The lowest BCUT2D eigenvalue weighted by Crippen LogP contribution is -2.15.